The van der Waals surface area contributed by atoms with Crippen LogP contribution in [0.25, 0.3) is 0 Å². The number of pyridine rings is 1. The van der Waals surface area contributed by atoms with Crippen LogP contribution in [0, 0.1) is 0 Å². The molecule has 1 aromatic heterocycles. The molecule has 6 heteroatoms. The number of hydrogen-bond donors (Lipinski definition) is 2. The first-order chi connectivity index (χ1) is 9.75. The smallest absolute Gasteiger partial charge is 0.211 e. The highest BCUT2D eigenvalue weighted by molar-refractivity contribution is 7.99. The van der Waals surface area contributed by atoms with Crippen molar-refractivity contribution >= 4 is 23.4 Å². The molecule has 2 rings (SSSR count). The molecule has 5 nitrogen and oxygen atoms in total. The third kappa shape index (κ3) is 4.40. The lowest BCUT2D eigenvalue weighted by Gasteiger charge is -2.04. The van der Waals surface area contributed by atoms with Crippen molar-refractivity contribution in [1.29, 1.82) is 0 Å². The van der Waals surface area contributed by atoms with Gasteiger partial charge in [-0.05, 0) is 17.7 Å². The van der Waals surface area contributed by atoms with Gasteiger partial charge in [-0.3, -0.25) is 0 Å². The van der Waals surface area contributed by atoms with E-state index in [2.05, 4.69) is 15.2 Å². The summed E-state index contributed by atoms with van der Waals surface area (Å²) in [6.45, 7) is 0. The molecule has 102 valence electrons. The van der Waals surface area contributed by atoms with Gasteiger partial charge in [0.2, 0.25) is 5.96 Å². The first-order valence-electron chi connectivity index (χ1n) is 6.00. The Morgan fingerprint density at radius 2 is 1.75 bits per heavy atom. The number of nitrogens with zero attached hydrogens (tertiary/aromatic N) is 3. The minimum atomic E-state index is -0.0544. The van der Waals surface area contributed by atoms with E-state index in [-0.39, 0.29) is 5.96 Å². The topological polar surface area (TPSA) is 89.7 Å². The second kappa shape index (κ2) is 7.30. The lowest BCUT2D eigenvalue weighted by atomic mass is 10.1. The molecular weight excluding hydrogens is 270 g/mol. The monoisotopic (exact) mass is 285 g/mol. The van der Waals surface area contributed by atoms with Gasteiger partial charge in [0.15, 0.2) is 0 Å². The number of hydrogen-bond acceptors (Lipinski definition) is 4. The number of rotatable bonds is 5. The highest BCUT2D eigenvalue weighted by atomic mass is 32.2. The van der Waals surface area contributed by atoms with Gasteiger partial charge in [-0.2, -0.15) is 5.10 Å². The molecule has 0 fully saturated rings. The lowest BCUT2D eigenvalue weighted by molar-refractivity contribution is 1.14. The Bertz CT molecular complexity index is 591. The fourth-order valence-electron chi connectivity index (χ4n) is 1.49. The highest BCUT2D eigenvalue weighted by Crippen LogP contribution is 2.16. The van der Waals surface area contributed by atoms with E-state index in [4.69, 9.17) is 11.5 Å². The van der Waals surface area contributed by atoms with Crippen molar-refractivity contribution in [2.24, 2.45) is 21.7 Å². The summed E-state index contributed by atoms with van der Waals surface area (Å²) < 4.78 is 0. The Balaban J connectivity index is 2.16. The van der Waals surface area contributed by atoms with Gasteiger partial charge in [0.1, 0.15) is 0 Å². The number of benzene rings is 1. The van der Waals surface area contributed by atoms with E-state index in [0.29, 0.717) is 5.75 Å². The first kappa shape index (κ1) is 14.1. The number of aromatic nitrogens is 1. The predicted molar refractivity (Wildman–Crippen MR) is 83.7 cm³/mol. The summed E-state index contributed by atoms with van der Waals surface area (Å²) in [5, 5.41) is 8.79. The van der Waals surface area contributed by atoms with Crippen LogP contribution in [-0.2, 0) is 0 Å². The minimum Gasteiger partial charge on any atom is -0.369 e. The molecular formula is C14H15N5S. The molecule has 0 atom stereocenters. The first-order valence-corrected chi connectivity index (χ1v) is 6.99. The summed E-state index contributed by atoms with van der Waals surface area (Å²) >= 11 is 1.58. The van der Waals surface area contributed by atoms with Crippen LogP contribution in [0.2, 0.25) is 0 Å². The van der Waals surface area contributed by atoms with Crippen LogP contribution in [0.3, 0.4) is 0 Å². The molecule has 0 aliphatic rings. The SMILES string of the molecule is NC(N)=NN=C(CSc1ccccn1)c1ccccc1. The quantitative estimate of drug-likeness (QED) is 0.380. The maximum atomic E-state index is 5.33. The zero-order valence-electron chi connectivity index (χ0n) is 10.8. The minimum absolute atomic E-state index is 0.0544. The van der Waals surface area contributed by atoms with E-state index in [1.54, 1.807) is 18.0 Å². The second-order valence-electron chi connectivity index (χ2n) is 3.89. The van der Waals surface area contributed by atoms with E-state index in [1.165, 1.54) is 0 Å². The van der Waals surface area contributed by atoms with Gasteiger partial charge in [0, 0.05) is 11.9 Å². The van der Waals surface area contributed by atoms with Gasteiger partial charge in [-0.15, -0.1) is 5.10 Å². The molecule has 0 amide bonds. The largest absolute Gasteiger partial charge is 0.369 e. The van der Waals surface area contributed by atoms with Gasteiger partial charge in [-0.25, -0.2) is 4.98 Å². The third-order valence-electron chi connectivity index (χ3n) is 2.39. The summed E-state index contributed by atoms with van der Waals surface area (Å²) in [6, 6.07) is 15.6. The van der Waals surface area contributed by atoms with Crippen molar-refractivity contribution in [3.8, 4) is 0 Å². The van der Waals surface area contributed by atoms with Gasteiger partial charge in [-0.1, -0.05) is 48.2 Å². The molecule has 2 aromatic rings. The van der Waals surface area contributed by atoms with E-state index in [9.17, 15) is 0 Å². The second-order valence-corrected chi connectivity index (χ2v) is 4.89. The average molecular weight is 285 g/mol. The van der Waals surface area contributed by atoms with E-state index in [0.717, 1.165) is 16.3 Å². The van der Waals surface area contributed by atoms with E-state index >= 15 is 0 Å². The molecule has 4 N–H and O–H groups in total. The van der Waals surface area contributed by atoms with Crippen LogP contribution < -0.4 is 11.5 Å². The van der Waals surface area contributed by atoms with Crippen LogP contribution in [-0.4, -0.2) is 22.4 Å². The summed E-state index contributed by atoms with van der Waals surface area (Å²) in [5.41, 5.74) is 12.4. The van der Waals surface area contributed by atoms with Crippen LogP contribution in [0.1, 0.15) is 5.56 Å². The van der Waals surface area contributed by atoms with Crippen molar-refractivity contribution < 1.29 is 0 Å². The Labute approximate surface area is 121 Å². The van der Waals surface area contributed by atoms with Crippen molar-refractivity contribution in [3.05, 3.63) is 60.3 Å². The number of guanidine groups is 1. The molecule has 20 heavy (non-hydrogen) atoms. The van der Waals surface area contributed by atoms with Crippen LogP contribution >= 0.6 is 11.8 Å². The highest BCUT2D eigenvalue weighted by Gasteiger charge is 2.05. The fraction of sp³-hybridized carbons (Fsp3) is 0.0714. The average Bonchev–Trinajstić information content (AvgIpc) is 2.49. The van der Waals surface area contributed by atoms with Crippen molar-refractivity contribution in [1.82, 2.24) is 4.98 Å². The van der Waals surface area contributed by atoms with Crippen molar-refractivity contribution in [2.75, 3.05) is 5.75 Å². The van der Waals surface area contributed by atoms with Gasteiger partial charge < -0.3 is 11.5 Å². The van der Waals surface area contributed by atoms with Crippen molar-refractivity contribution in [2.45, 2.75) is 5.03 Å². The fourth-order valence-corrected chi connectivity index (χ4v) is 2.31. The summed E-state index contributed by atoms with van der Waals surface area (Å²) in [6.07, 6.45) is 1.76. The number of nitrogens with two attached hydrogens (primary N) is 2. The molecule has 1 heterocycles. The van der Waals surface area contributed by atoms with Crippen LogP contribution in [0.5, 0.6) is 0 Å². The summed E-state index contributed by atoms with van der Waals surface area (Å²) in [4.78, 5) is 4.26. The summed E-state index contributed by atoms with van der Waals surface area (Å²) in [7, 11) is 0. The zero-order valence-corrected chi connectivity index (χ0v) is 11.6. The third-order valence-corrected chi connectivity index (χ3v) is 3.34. The maximum Gasteiger partial charge on any atom is 0.211 e. The summed E-state index contributed by atoms with van der Waals surface area (Å²) in [5.74, 6) is 0.582. The molecule has 0 bridgehead atoms. The normalized spacial score (nSPS) is 11.1. The molecule has 0 unspecified atom stereocenters. The van der Waals surface area contributed by atoms with E-state index < -0.39 is 0 Å². The Hall–Kier alpha value is -2.34. The molecule has 0 radical (unpaired) electrons. The molecule has 0 spiro atoms. The van der Waals surface area contributed by atoms with Crippen LogP contribution in [0.15, 0.2) is 70.0 Å². The molecule has 1 aromatic carbocycles. The maximum absolute atomic E-state index is 5.33. The number of thioether (sulfide) groups is 1. The zero-order chi connectivity index (χ0) is 14.2. The van der Waals surface area contributed by atoms with Gasteiger partial charge >= 0.3 is 0 Å². The standard InChI is InChI=1S/C14H15N5S/c15-14(16)19-18-12(11-6-2-1-3-7-11)10-20-13-8-4-5-9-17-13/h1-9H,10H2,(H4,15,16,19). The molecule has 0 saturated carbocycles. The van der Waals surface area contributed by atoms with E-state index in [1.807, 2.05) is 48.5 Å². The molecule has 0 saturated heterocycles. The molecule has 0 aliphatic carbocycles. The Morgan fingerprint density at radius 1 is 1.00 bits per heavy atom. The molecule has 0 aliphatic heterocycles. The van der Waals surface area contributed by atoms with Crippen LogP contribution in [0.4, 0.5) is 0 Å². The van der Waals surface area contributed by atoms with Gasteiger partial charge in [0.05, 0.1) is 10.7 Å². The Kier molecular flexibility index (Phi) is 5.14. The Morgan fingerprint density at radius 3 is 2.40 bits per heavy atom. The lowest BCUT2D eigenvalue weighted by Crippen LogP contribution is -2.22. The van der Waals surface area contributed by atoms with Crippen molar-refractivity contribution in [3.63, 3.8) is 0 Å². The van der Waals surface area contributed by atoms with Gasteiger partial charge in [0.25, 0.3) is 0 Å². The predicted octanol–water partition coefficient (Wildman–Crippen LogP) is 1.85.